The standard InChI is InChI=1S/C22H18N4O3/c1-12-10-13(2)26(24-12)22(28)25-20-19(15-6-4-5-7-16(15)21(25)27)17-11-14(29-3)8-9-18(17)23-20/h4-11,23H,1-3H3. The molecule has 0 amide bonds. The van der Waals surface area contributed by atoms with Gasteiger partial charge in [-0.15, -0.1) is 0 Å². The lowest BCUT2D eigenvalue weighted by molar-refractivity contribution is 0.240. The highest BCUT2D eigenvalue weighted by Gasteiger charge is 2.22. The number of benzene rings is 2. The second-order valence-electron chi connectivity index (χ2n) is 7.07. The SMILES string of the molecule is COc1ccc2[nH]c3c(c2c1)c1ccccc1c(=O)n3C(=O)n1nc(C)cc1C. The highest BCUT2D eigenvalue weighted by molar-refractivity contribution is 6.20. The number of carbonyl (C=O) groups is 1. The fraction of sp³-hybridized carbons (Fsp3) is 0.136. The number of methoxy groups -OCH3 is 1. The highest BCUT2D eigenvalue weighted by Crippen LogP contribution is 2.33. The average Bonchev–Trinajstić information content (AvgIpc) is 3.26. The molecule has 29 heavy (non-hydrogen) atoms. The van der Waals surface area contributed by atoms with Crippen LogP contribution in [-0.2, 0) is 0 Å². The number of carbonyl (C=O) groups excluding carboxylic acids is 1. The number of aromatic nitrogens is 4. The van der Waals surface area contributed by atoms with Gasteiger partial charge in [0.05, 0.1) is 12.8 Å². The molecule has 0 saturated heterocycles. The van der Waals surface area contributed by atoms with Crippen LogP contribution in [0, 0.1) is 13.8 Å². The smallest absolute Gasteiger partial charge is 0.357 e. The summed E-state index contributed by atoms with van der Waals surface area (Å²) in [6.45, 7) is 3.60. The molecule has 0 radical (unpaired) electrons. The van der Waals surface area contributed by atoms with Crippen LogP contribution in [0.3, 0.4) is 0 Å². The normalized spacial score (nSPS) is 11.6. The minimum absolute atomic E-state index is 0.385. The van der Waals surface area contributed by atoms with Crippen LogP contribution in [0.5, 0.6) is 5.75 Å². The van der Waals surface area contributed by atoms with Crippen molar-refractivity contribution in [1.82, 2.24) is 19.3 Å². The third-order valence-electron chi connectivity index (χ3n) is 5.22. The Kier molecular flexibility index (Phi) is 3.61. The van der Waals surface area contributed by atoms with Crippen molar-refractivity contribution in [3.63, 3.8) is 0 Å². The number of aromatic amines is 1. The van der Waals surface area contributed by atoms with Crippen LogP contribution in [0.4, 0.5) is 4.79 Å². The molecule has 0 aliphatic heterocycles. The molecule has 1 N–H and O–H groups in total. The van der Waals surface area contributed by atoms with Crippen LogP contribution < -0.4 is 10.3 Å². The first-order valence-corrected chi connectivity index (χ1v) is 9.20. The molecule has 0 aliphatic carbocycles. The van der Waals surface area contributed by atoms with E-state index in [-0.39, 0.29) is 5.56 Å². The van der Waals surface area contributed by atoms with Gasteiger partial charge >= 0.3 is 6.03 Å². The van der Waals surface area contributed by atoms with Gasteiger partial charge in [0.1, 0.15) is 11.4 Å². The molecule has 144 valence electrons. The second kappa shape index (κ2) is 6.07. The van der Waals surface area contributed by atoms with Gasteiger partial charge in [0.25, 0.3) is 5.56 Å². The van der Waals surface area contributed by atoms with E-state index in [0.717, 1.165) is 21.7 Å². The number of rotatable bonds is 1. The molecule has 2 aromatic carbocycles. The molecule has 0 aliphatic rings. The summed E-state index contributed by atoms with van der Waals surface area (Å²) >= 11 is 0. The summed E-state index contributed by atoms with van der Waals surface area (Å²) in [6, 6.07) is 14.2. The molecule has 3 heterocycles. The lowest BCUT2D eigenvalue weighted by Crippen LogP contribution is -2.32. The van der Waals surface area contributed by atoms with Gasteiger partial charge in [-0.3, -0.25) is 4.79 Å². The maximum Gasteiger partial charge on any atom is 0.357 e. The number of fused-ring (bicyclic) bond motifs is 5. The Labute approximate surface area is 165 Å². The fourth-order valence-electron chi connectivity index (χ4n) is 3.93. The van der Waals surface area contributed by atoms with Crippen molar-refractivity contribution in [2.75, 3.05) is 7.11 Å². The fourth-order valence-corrected chi connectivity index (χ4v) is 3.93. The van der Waals surface area contributed by atoms with Crippen molar-refractivity contribution in [2.45, 2.75) is 13.8 Å². The molecule has 0 unspecified atom stereocenters. The predicted octanol–water partition coefficient (Wildman–Crippen LogP) is 3.97. The van der Waals surface area contributed by atoms with E-state index in [1.54, 1.807) is 32.2 Å². The van der Waals surface area contributed by atoms with Crippen molar-refractivity contribution in [1.29, 1.82) is 0 Å². The predicted molar refractivity (Wildman–Crippen MR) is 112 cm³/mol. The first-order valence-electron chi connectivity index (χ1n) is 9.20. The number of pyridine rings is 1. The van der Waals surface area contributed by atoms with E-state index in [9.17, 15) is 9.59 Å². The van der Waals surface area contributed by atoms with E-state index in [4.69, 9.17) is 4.74 Å². The Hall–Kier alpha value is -3.87. The lowest BCUT2D eigenvalue weighted by atomic mass is 10.1. The van der Waals surface area contributed by atoms with Gasteiger partial charge in [-0.05, 0) is 49.6 Å². The van der Waals surface area contributed by atoms with E-state index >= 15 is 0 Å². The molecular weight excluding hydrogens is 368 g/mol. The highest BCUT2D eigenvalue weighted by atomic mass is 16.5. The van der Waals surface area contributed by atoms with Crippen molar-refractivity contribution >= 4 is 38.7 Å². The van der Waals surface area contributed by atoms with E-state index in [2.05, 4.69) is 10.1 Å². The van der Waals surface area contributed by atoms with Crippen LogP contribution in [-0.4, -0.2) is 32.5 Å². The number of nitrogens with zero attached hydrogens (tertiary/aromatic N) is 3. The van der Waals surface area contributed by atoms with E-state index in [1.165, 1.54) is 9.25 Å². The van der Waals surface area contributed by atoms with Crippen molar-refractivity contribution in [3.05, 3.63) is 70.3 Å². The number of ether oxygens (including phenoxy) is 1. The third kappa shape index (κ3) is 2.40. The lowest BCUT2D eigenvalue weighted by Gasteiger charge is -2.10. The first-order chi connectivity index (χ1) is 14.0. The number of nitrogens with one attached hydrogen (secondary N) is 1. The van der Waals surface area contributed by atoms with Crippen molar-refractivity contribution < 1.29 is 9.53 Å². The van der Waals surface area contributed by atoms with Gasteiger partial charge in [0.2, 0.25) is 0 Å². The molecule has 5 rings (SSSR count). The summed E-state index contributed by atoms with van der Waals surface area (Å²) in [5.74, 6) is 0.699. The molecule has 7 nitrogen and oxygen atoms in total. The molecule has 3 aromatic heterocycles. The summed E-state index contributed by atoms with van der Waals surface area (Å²) in [5, 5.41) is 7.20. The van der Waals surface area contributed by atoms with Crippen LogP contribution in [0.2, 0.25) is 0 Å². The Morgan fingerprint density at radius 1 is 1.03 bits per heavy atom. The van der Waals surface area contributed by atoms with Gasteiger partial charge in [0, 0.05) is 27.4 Å². The van der Waals surface area contributed by atoms with Crippen LogP contribution >= 0.6 is 0 Å². The molecule has 0 atom stereocenters. The molecular formula is C22H18N4O3. The Morgan fingerprint density at radius 3 is 2.48 bits per heavy atom. The summed E-state index contributed by atoms with van der Waals surface area (Å²) < 4.78 is 7.81. The topological polar surface area (TPSA) is 81.9 Å². The second-order valence-corrected chi connectivity index (χ2v) is 7.07. The number of H-pyrrole nitrogens is 1. The monoisotopic (exact) mass is 386 g/mol. The Morgan fingerprint density at radius 2 is 1.79 bits per heavy atom. The van der Waals surface area contributed by atoms with Crippen molar-refractivity contribution in [2.24, 2.45) is 0 Å². The van der Waals surface area contributed by atoms with Crippen LogP contribution in [0.25, 0.3) is 32.7 Å². The minimum atomic E-state index is -0.519. The summed E-state index contributed by atoms with van der Waals surface area (Å²) in [6.07, 6.45) is 0. The first kappa shape index (κ1) is 17.2. The van der Waals surface area contributed by atoms with Gasteiger partial charge in [-0.2, -0.15) is 9.78 Å². The Balaban J connectivity index is 1.97. The molecule has 0 saturated carbocycles. The third-order valence-corrected chi connectivity index (χ3v) is 5.22. The van der Waals surface area contributed by atoms with E-state index in [1.807, 2.05) is 37.3 Å². The largest absolute Gasteiger partial charge is 0.497 e. The molecule has 0 bridgehead atoms. The molecule has 7 heteroatoms. The number of hydrogen-bond donors (Lipinski definition) is 1. The number of hydrogen-bond acceptors (Lipinski definition) is 4. The summed E-state index contributed by atoms with van der Waals surface area (Å²) in [7, 11) is 1.61. The van der Waals surface area contributed by atoms with Gasteiger partial charge in [-0.25, -0.2) is 9.36 Å². The number of aryl methyl sites for hydroxylation is 2. The molecule has 0 spiro atoms. The quantitative estimate of drug-likeness (QED) is 0.473. The van der Waals surface area contributed by atoms with E-state index < -0.39 is 6.03 Å². The maximum absolute atomic E-state index is 13.4. The zero-order chi connectivity index (χ0) is 20.3. The van der Waals surface area contributed by atoms with Crippen LogP contribution in [0.1, 0.15) is 11.4 Å². The van der Waals surface area contributed by atoms with Gasteiger partial charge in [-0.1, -0.05) is 18.2 Å². The van der Waals surface area contributed by atoms with E-state index in [0.29, 0.717) is 28.2 Å². The maximum atomic E-state index is 13.4. The Bertz CT molecular complexity index is 1500. The molecule has 5 aromatic rings. The van der Waals surface area contributed by atoms with Gasteiger partial charge in [0.15, 0.2) is 0 Å². The van der Waals surface area contributed by atoms with Crippen molar-refractivity contribution in [3.8, 4) is 5.75 Å². The summed E-state index contributed by atoms with van der Waals surface area (Å²) in [4.78, 5) is 30.0. The zero-order valence-corrected chi connectivity index (χ0v) is 16.2. The zero-order valence-electron chi connectivity index (χ0n) is 16.2. The summed E-state index contributed by atoms with van der Waals surface area (Å²) in [5.41, 5.74) is 2.24. The molecule has 0 fully saturated rings. The average molecular weight is 386 g/mol. The van der Waals surface area contributed by atoms with Gasteiger partial charge < -0.3 is 9.72 Å². The van der Waals surface area contributed by atoms with Crippen LogP contribution in [0.15, 0.2) is 53.3 Å². The minimum Gasteiger partial charge on any atom is -0.497 e.